The minimum Gasteiger partial charge on any atom is -0.497 e. The van der Waals surface area contributed by atoms with Crippen molar-refractivity contribution < 1.29 is 28.8 Å². The fourth-order valence-corrected chi connectivity index (χ4v) is 2.86. The quantitative estimate of drug-likeness (QED) is 0.368. The van der Waals surface area contributed by atoms with Gasteiger partial charge in [-0.05, 0) is 37.5 Å². The maximum Gasteiger partial charge on any atom is 0.330 e. The highest BCUT2D eigenvalue weighted by molar-refractivity contribution is 5.81. The van der Waals surface area contributed by atoms with E-state index in [4.69, 9.17) is 14.2 Å². The zero-order valence-electron chi connectivity index (χ0n) is 17.2. The number of carbonyl (C=O) groups is 1. The van der Waals surface area contributed by atoms with Gasteiger partial charge in [-0.15, -0.1) is 0 Å². The van der Waals surface area contributed by atoms with Crippen LogP contribution in [0.25, 0.3) is 0 Å². The Morgan fingerprint density at radius 2 is 2.07 bits per heavy atom. The maximum absolute atomic E-state index is 11.3. The van der Waals surface area contributed by atoms with Crippen molar-refractivity contribution in [2.24, 2.45) is 0 Å². The Morgan fingerprint density at radius 3 is 2.72 bits per heavy atom. The van der Waals surface area contributed by atoms with Crippen LogP contribution in [0.2, 0.25) is 0 Å². The van der Waals surface area contributed by atoms with Crippen LogP contribution < -0.4 is 4.74 Å². The Kier molecular flexibility index (Phi) is 9.64. The highest BCUT2D eigenvalue weighted by Gasteiger charge is 2.18. The lowest BCUT2D eigenvalue weighted by molar-refractivity contribution is -0.134. The fourth-order valence-electron chi connectivity index (χ4n) is 2.86. The highest BCUT2D eigenvalue weighted by atomic mass is 16.5. The summed E-state index contributed by atoms with van der Waals surface area (Å²) in [7, 11) is 2.94. The third-order valence-electron chi connectivity index (χ3n) is 4.62. The van der Waals surface area contributed by atoms with Crippen molar-refractivity contribution in [1.82, 2.24) is 0 Å². The average molecular weight is 402 g/mol. The van der Waals surface area contributed by atoms with Crippen LogP contribution in [0.5, 0.6) is 5.75 Å². The number of esters is 1. The summed E-state index contributed by atoms with van der Waals surface area (Å²) in [5.41, 5.74) is 2.23. The Balaban J connectivity index is 1.99. The van der Waals surface area contributed by atoms with Crippen molar-refractivity contribution in [2.45, 2.75) is 44.7 Å². The van der Waals surface area contributed by atoms with Crippen molar-refractivity contribution in [3.63, 3.8) is 0 Å². The molecule has 3 atom stereocenters. The number of hydrogen-bond donors (Lipinski definition) is 1. The van der Waals surface area contributed by atoms with E-state index in [0.717, 1.165) is 17.7 Å². The molecule has 3 unspecified atom stereocenters. The van der Waals surface area contributed by atoms with Gasteiger partial charge in [-0.25, -0.2) is 4.79 Å². The largest absolute Gasteiger partial charge is 0.497 e. The molecule has 1 aromatic rings. The van der Waals surface area contributed by atoms with Crippen molar-refractivity contribution in [2.75, 3.05) is 20.8 Å². The SMILES string of the molecule is COC(=O)/C=C/CC(OCc1ccc(OC)cc1)C(O)/C=C\C1CC(C)=CCO1. The van der Waals surface area contributed by atoms with Crippen molar-refractivity contribution in [3.05, 3.63) is 65.8 Å². The number of aliphatic hydroxyl groups is 1. The van der Waals surface area contributed by atoms with Gasteiger partial charge >= 0.3 is 5.97 Å². The predicted molar refractivity (Wildman–Crippen MR) is 111 cm³/mol. The van der Waals surface area contributed by atoms with Gasteiger partial charge in [0.25, 0.3) is 0 Å². The van der Waals surface area contributed by atoms with Gasteiger partial charge in [0.05, 0.1) is 45.7 Å². The molecule has 0 aromatic heterocycles. The minimum atomic E-state index is -0.842. The minimum absolute atomic E-state index is 0.0532. The van der Waals surface area contributed by atoms with E-state index in [1.807, 2.05) is 30.3 Å². The van der Waals surface area contributed by atoms with Crippen molar-refractivity contribution in [1.29, 1.82) is 0 Å². The second-order valence-electron chi connectivity index (χ2n) is 6.86. The van der Waals surface area contributed by atoms with Crippen molar-refractivity contribution >= 4 is 5.97 Å². The Bertz CT molecular complexity index is 719. The lowest BCUT2D eigenvalue weighted by atomic mass is 10.0. The monoisotopic (exact) mass is 402 g/mol. The molecule has 158 valence electrons. The smallest absolute Gasteiger partial charge is 0.330 e. The van der Waals surface area contributed by atoms with Crippen LogP contribution >= 0.6 is 0 Å². The molecule has 6 nitrogen and oxygen atoms in total. The predicted octanol–water partition coefficient (Wildman–Crippen LogP) is 3.35. The number of benzene rings is 1. The van der Waals surface area contributed by atoms with Crippen LogP contribution in [0.4, 0.5) is 0 Å². The Morgan fingerprint density at radius 1 is 1.31 bits per heavy atom. The number of ether oxygens (including phenoxy) is 4. The van der Waals surface area contributed by atoms with Gasteiger partial charge in [0.1, 0.15) is 5.75 Å². The van der Waals surface area contributed by atoms with Crippen molar-refractivity contribution in [3.8, 4) is 5.75 Å². The highest BCUT2D eigenvalue weighted by Crippen LogP contribution is 2.18. The zero-order chi connectivity index (χ0) is 21.1. The molecular weight excluding hydrogens is 372 g/mol. The molecule has 1 heterocycles. The van der Waals surface area contributed by atoms with Crippen LogP contribution in [-0.2, 0) is 25.6 Å². The van der Waals surface area contributed by atoms with E-state index in [9.17, 15) is 9.90 Å². The molecule has 6 heteroatoms. The number of carbonyl (C=O) groups excluding carboxylic acids is 1. The molecule has 2 rings (SSSR count). The van der Waals surface area contributed by atoms with E-state index in [-0.39, 0.29) is 6.10 Å². The van der Waals surface area contributed by atoms with Crippen LogP contribution in [0.1, 0.15) is 25.3 Å². The van der Waals surface area contributed by atoms with E-state index < -0.39 is 18.2 Å². The Labute approximate surface area is 172 Å². The van der Waals surface area contributed by atoms with Gasteiger partial charge in [-0.3, -0.25) is 0 Å². The fraction of sp³-hybridized carbons (Fsp3) is 0.435. The maximum atomic E-state index is 11.3. The first kappa shape index (κ1) is 22.9. The van der Waals surface area contributed by atoms with Gasteiger partial charge in [0.2, 0.25) is 0 Å². The number of rotatable bonds is 10. The van der Waals surface area contributed by atoms with Crippen LogP contribution in [-0.4, -0.2) is 50.2 Å². The van der Waals surface area contributed by atoms with E-state index in [0.29, 0.717) is 19.6 Å². The molecular formula is C23H30O6. The number of hydrogen-bond acceptors (Lipinski definition) is 6. The third-order valence-corrected chi connectivity index (χ3v) is 4.62. The molecule has 0 bridgehead atoms. The third kappa shape index (κ3) is 8.23. The molecule has 0 saturated carbocycles. The van der Waals surface area contributed by atoms with E-state index in [1.165, 1.54) is 18.8 Å². The lowest BCUT2D eigenvalue weighted by Gasteiger charge is -2.22. The molecule has 1 N–H and O–H groups in total. The van der Waals surface area contributed by atoms with Crippen LogP contribution in [0.15, 0.2) is 60.2 Å². The summed E-state index contributed by atoms with van der Waals surface area (Å²) in [4.78, 5) is 11.3. The first-order valence-electron chi connectivity index (χ1n) is 9.64. The molecule has 1 aromatic carbocycles. The summed E-state index contributed by atoms with van der Waals surface area (Å²) in [5, 5.41) is 10.6. The molecule has 0 fully saturated rings. The van der Waals surface area contributed by atoms with Gasteiger partial charge in [-0.2, -0.15) is 0 Å². The van der Waals surface area contributed by atoms with Crippen LogP contribution in [0.3, 0.4) is 0 Å². The summed E-state index contributed by atoms with van der Waals surface area (Å²) in [6, 6.07) is 7.54. The van der Waals surface area contributed by atoms with E-state index in [2.05, 4.69) is 17.7 Å². The number of methoxy groups -OCH3 is 2. The van der Waals surface area contributed by atoms with Gasteiger partial charge < -0.3 is 24.1 Å². The molecule has 29 heavy (non-hydrogen) atoms. The normalized spacial score (nSPS) is 19.2. The molecule has 1 aliphatic heterocycles. The summed E-state index contributed by atoms with van der Waals surface area (Å²) < 4.78 is 21.4. The molecule has 0 saturated heterocycles. The first-order chi connectivity index (χ1) is 14.0. The molecule has 0 amide bonds. The van der Waals surface area contributed by atoms with E-state index >= 15 is 0 Å². The molecule has 0 spiro atoms. The van der Waals surface area contributed by atoms with Crippen LogP contribution in [0, 0.1) is 0 Å². The van der Waals surface area contributed by atoms with Gasteiger partial charge in [0, 0.05) is 6.08 Å². The second kappa shape index (κ2) is 12.2. The van der Waals surface area contributed by atoms with Gasteiger partial charge in [-0.1, -0.05) is 42.0 Å². The molecule has 0 aliphatic carbocycles. The topological polar surface area (TPSA) is 74.2 Å². The Hall–Kier alpha value is -2.41. The first-order valence-corrected chi connectivity index (χ1v) is 9.64. The molecule has 0 radical (unpaired) electrons. The zero-order valence-corrected chi connectivity index (χ0v) is 17.2. The van der Waals surface area contributed by atoms with E-state index in [1.54, 1.807) is 19.3 Å². The number of aliphatic hydroxyl groups excluding tert-OH is 1. The second-order valence-corrected chi connectivity index (χ2v) is 6.86. The average Bonchev–Trinajstić information content (AvgIpc) is 2.74. The summed E-state index contributed by atoms with van der Waals surface area (Å²) in [5.74, 6) is 0.327. The summed E-state index contributed by atoms with van der Waals surface area (Å²) >= 11 is 0. The summed E-state index contributed by atoms with van der Waals surface area (Å²) in [6.07, 6.45) is 8.36. The molecule has 1 aliphatic rings. The standard InChI is InChI=1S/C23H30O6/c1-17-13-14-28-20(15-17)11-12-21(24)22(5-4-6-23(25)27-3)29-16-18-7-9-19(26-2)10-8-18/h4,6-13,20-22,24H,5,14-16H2,1-3H3/b6-4+,12-11-. The lowest BCUT2D eigenvalue weighted by Crippen LogP contribution is -2.27. The van der Waals surface area contributed by atoms with Gasteiger partial charge in [0.15, 0.2) is 0 Å². The summed E-state index contributed by atoms with van der Waals surface area (Å²) in [6.45, 7) is 2.97.